The minimum absolute atomic E-state index is 0.147. The third-order valence-electron chi connectivity index (χ3n) is 2.99. The predicted octanol–water partition coefficient (Wildman–Crippen LogP) is 3.33. The molecule has 2 aromatic rings. The van der Waals surface area contributed by atoms with Gasteiger partial charge in [0, 0.05) is 18.3 Å². The minimum atomic E-state index is -0.603. The molecule has 0 radical (unpaired) electrons. The number of anilines is 2. The number of benzene rings is 2. The molecule has 0 heterocycles. The highest BCUT2D eigenvalue weighted by Crippen LogP contribution is 2.15. The highest BCUT2D eigenvalue weighted by atomic mass is 19.1. The third kappa shape index (κ3) is 4.78. The first-order valence-electron chi connectivity index (χ1n) is 7.04. The summed E-state index contributed by atoms with van der Waals surface area (Å²) >= 11 is 0. The second-order valence-corrected chi connectivity index (χ2v) is 4.94. The van der Waals surface area contributed by atoms with Gasteiger partial charge in [0.25, 0.3) is 5.91 Å². The summed E-state index contributed by atoms with van der Waals surface area (Å²) in [5.74, 6) is -1.25. The van der Waals surface area contributed by atoms with E-state index < -0.39 is 11.7 Å². The zero-order valence-corrected chi connectivity index (χ0v) is 12.8. The average molecular weight is 323 g/mol. The molecule has 120 valence electrons. The number of nitrogens with zero attached hydrogens (tertiary/aromatic N) is 1. The minimum Gasteiger partial charge on any atom is -0.326 e. The summed E-state index contributed by atoms with van der Waals surface area (Å²) < 4.78 is 13.2. The molecule has 2 amide bonds. The van der Waals surface area contributed by atoms with E-state index in [1.165, 1.54) is 31.2 Å². The van der Waals surface area contributed by atoms with Crippen molar-refractivity contribution < 1.29 is 14.0 Å². The van der Waals surface area contributed by atoms with Crippen LogP contribution in [0.1, 0.15) is 12.5 Å². The van der Waals surface area contributed by atoms with Crippen LogP contribution in [0.25, 0.3) is 6.08 Å². The molecule has 0 unspecified atom stereocenters. The van der Waals surface area contributed by atoms with E-state index in [2.05, 4.69) is 10.6 Å². The topological polar surface area (TPSA) is 82.0 Å². The normalized spacial score (nSPS) is 10.6. The molecule has 0 fully saturated rings. The van der Waals surface area contributed by atoms with Gasteiger partial charge in [0.15, 0.2) is 0 Å². The lowest BCUT2D eigenvalue weighted by Gasteiger charge is -2.06. The molecule has 2 N–H and O–H groups in total. The van der Waals surface area contributed by atoms with Crippen molar-refractivity contribution in [2.24, 2.45) is 0 Å². The molecule has 6 heteroatoms. The number of carbonyl (C=O) groups excluding carboxylic acids is 2. The predicted molar refractivity (Wildman–Crippen MR) is 89.4 cm³/mol. The second-order valence-electron chi connectivity index (χ2n) is 4.94. The average Bonchev–Trinajstić information content (AvgIpc) is 2.54. The molecule has 24 heavy (non-hydrogen) atoms. The Morgan fingerprint density at radius 2 is 1.71 bits per heavy atom. The van der Waals surface area contributed by atoms with Gasteiger partial charge in [-0.1, -0.05) is 12.1 Å². The summed E-state index contributed by atoms with van der Waals surface area (Å²) in [4.78, 5) is 23.1. The largest absolute Gasteiger partial charge is 0.326 e. The zero-order chi connectivity index (χ0) is 17.5. The van der Waals surface area contributed by atoms with E-state index in [1.807, 2.05) is 0 Å². The van der Waals surface area contributed by atoms with Crippen LogP contribution in [0.4, 0.5) is 15.8 Å². The summed E-state index contributed by atoms with van der Waals surface area (Å²) in [6.07, 6.45) is 1.31. The number of hydrogen-bond acceptors (Lipinski definition) is 3. The summed E-state index contributed by atoms with van der Waals surface area (Å²) in [7, 11) is 0. The van der Waals surface area contributed by atoms with Crippen molar-refractivity contribution in [3.05, 3.63) is 65.5 Å². The van der Waals surface area contributed by atoms with Crippen molar-refractivity contribution in [3.8, 4) is 6.07 Å². The molecule has 0 atom stereocenters. The van der Waals surface area contributed by atoms with Crippen LogP contribution in [0.5, 0.6) is 0 Å². The van der Waals surface area contributed by atoms with E-state index in [9.17, 15) is 14.0 Å². The Hall–Kier alpha value is -3.46. The Morgan fingerprint density at radius 3 is 2.25 bits per heavy atom. The van der Waals surface area contributed by atoms with E-state index in [4.69, 9.17) is 5.26 Å². The number of nitriles is 1. The molecule has 0 spiro atoms. The quantitative estimate of drug-likeness (QED) is 0.669. The van der Waals surface area contributed by atoms with Crippen molar-refractivity contribution in [2.75, 3.05) is 10.6 Å². The Morgan fingerprint density at radius 1 is 1.08 bits per heavy atom. The fraction of sp³-hybridized carbons (Fsp3) is 0.0556. The fourth-order valence-electron chi connectivity index (χ4n) is 1.95. The summed E-state index contributed by atoms with van der Waals surface area (Å²) in [5, 5.41) is 14.3. The van der Waals surface area contributed by atoms with Crippen LogP contribution in [-0.4, -0.2) is 11.8 Å². The van der Waals surface area contributed by atoms with Gasteiger partial charge in [-0.2, -0.15) is 5.26 Å². The summed E-state index contributed by atoms with van der Waals surface area (Å²) in [5.41, 5.74) is 1.33. The molecule has 0 aromatic heterocycles. The van der Waals surface area contributed by atoms with Crippen LogP contribution < -0.4 is 10.6 Å². The molecule has 5 nitrogen and oxygen atoms in total. The van der Waals surface area contributed by atoms with Gasteiger partial charge in [0.2, 0.25) is 5.91 Å². The number of halogens is 1. The molecular weight excluding hydrogens is 309 g/mol. The SMILES string of the molecule is CC(=O)Nc1ccc(NC(=O)/C(C#N)=C/c2cccc(F)c2)cc1. The molecule has 0 aliphatic carbocycles. The lowest BCUT2D eigenvalue weighted by Crippen LogP contribution is -2.13. The molecule has 0 bridgehead atoms. The Kier molecular flexibility index (Phi) is 5.42. The first kappa shape index (κ1) is 16.9. The Labute approximate surface area is 138 Å². The van der Waals surface area contributed by atoms with Gasteiger partial charge in [-0.25, -0.2) is 4.39 Å². The van der Waals surface area contributed by atoms with Gasteiger partial charge < -0.3 is 10.6 Å². The highest BCUT2D eigenvalue weighted by Gasteiger charge is 2.10. The standard InChI is InChI=1S/C18H14FN3O2/c1-12(23)21-16-5-7-17(8-6-16)22-18(24)14(11-20)9-13-3-2-4-15(19)10-13/h2-10H,1H3,(H,21,23)(H,22,24)/b14-9+. The molecular formula is C18H14FN3O2. The molecule has 0 aliphatic rings. The van der Waals surface area contributed by atoms with Crippen LogP contribution in [0.15, 0.2) is 54.1 Å². The van der Waals surface area contributed by atoms with Gasteiger partial charge in [-0.15, -0.1) is 0 Å². The number of amides is 2. The van der Waals surface area contributed by atoms with Gasteiger partial charge in [0.1, 0.15) is 17.5 Å². The maximum absolute atomic E-state index is 13.2. The van der Waals surface area contributed by atoms with Crippen LogP contribution in [0, 0.1) is 17.1 Å². The van der Waals surface area contributed by atoms with Crippen molar-refractivity contribution in [2.45, 2.75) is 6.92 Å². The maximum Gasteiger partial charge on any atom is 0.266 e. The van der Waals surface area contributed by atoms with Crippen LogP contribution >= 0.6 is 0 Å². The van der Waals surface area contributed by atoms with Gasteiger partial charge in [-0.05, 0) is 48.0 Å². The summed E-state index contributed by atoms with van der Waals surface area (Å²) in [6.45, 7) is 1.39. The number of nitrogens with one attached hydrogen (secondary N) is 2. The highest BCUT2D eigenvalue weighted by molar-refractivity contribution is 6.09. The third-order valence-corrected chi connectivity index (χ3v) is 2.99. The lowest BCUT2D eigenvalue weighted by atomic mass is 10.1. The van der Waals surface area contributed by atoms with E-state index in [1.54, 1.807) is 36.4 Å². The van der Waals surface area contributed by atoms with Gasteiger partial charge in [0.05, 0.1) is 0 Å². The van der Waals surface area contributed by atoms with Crippen molar-refractivity contribution in [1.82, 2.24) is 0 Å². The second kappa shape index (κ2) is 7.70. The molecule has 0 aliphatic heterocycles. The van der Waals surface area contributed by atoms with E-state index >= 15 is 0 Å². The zero-order valence-electron chi connectivity index (χ0n) is 12.8. The van der Waals surface area contributed by atoms with Gasteiger partial charge >= 0.3 is 0 Å². The van der Waals surface area contributed by atoms with Crippen LogP contribution in [0.3, 0.4) is 0 Å². The van der Waals surface area contributed by atoms with Crippen molar-refractivity contribution in [1.29, 1.82) is 5.26 Å². The van der Waals surface area contributed by atoms with Crippen LogP contribution in [-0.2, 0) is 9.59 Å². The summed E-state index contributed by atoms with van der Waals surface area (Å²) in [6, 6.07) is 13.8. The Bertz CT molecular complexity index is 836. The molecule has 0 saturated carbocycles. The van der Waals surface area contributed by atoms with Crippen LogP contribution in [0.2, 0.25) is 0 Å². The Balaban J connectivity index is 2.12. The maximum atomic E-state index is 13.2. The first-order chi connectivity index (χ1) is 11.5. The molecule has 2 aromatic carbocycles. The first-order valence-corrected chi connectivity index (χ1v) is 7.04. The lowest BCUT2D eigenvalue weighted by molar-refractivity contribution is -0.114. The number of carbonyl (C=O) groups is 2. The fourth-order valence-corrected chi connectivity index (χ4v) is 1.95. The van der Waals surface area contributed by atoms with E-state index in [0.29, 0.717) is 16.9 Å². The molecule has 0 saturated heterocycles. The van der Waals surface area contributed by atoms with Crippen molar-refractivity contribution >= 4 is 29.3 Å². The van der Waals surface area contributed by atoms with Gasteiger partial charge in [-0.3, -0.25) is 9.59 Å². The number of rotatable bonds is 4. The van der Waals surface area contributed by atoms with E-state index in [0.717, 1.165) is 0 Å². The monoisotopic (exact) mass is 323 g/mol. The smallest absolute Gasteiger partial charge is 0.266 e. The van der Waals surface area contributed by atoms with E-state index in [-0.39, 0.29) is 11.5 Å². The van der Waals surface area contributed by atoms with Crippen molar-refractivity contribution in [3.63, 3.8) is 0 Å². The molecule has 2 rings (SSSR count). The number of hydrogen-bond donors (Lipinski definition) is 2.